The normalized spacial score (nSPS) is 12.0. The number of rotatable bonds is 4. The van der Waals surface area contributed by atoms with Crippen LogP contribution in [0.2, 0.25) is 0 Å². The first-order valence-corrected chi connectivity index (χ1v) is 7.33. The lowest BCUT2D eigenvalue weighted by molar-refractivity contribution is -0.384. The Balaban J connectivity index is 1.68. The molecular formula is C15H10BrNO6. The molecule has 0 bridgehead atoms. The zero-order chi connectivity index (χ0) is 16.4. The Morgan fingerprint density at radius 1 is 1.22 bits per heavy atom. The van der Waals surface area contributed by atoms with Crippen molar-refractivity contribution >= 4 is 27.6 Å². The van der Waals surface area contributed by atoms with Crippen LogP contribution in [0.25, 0.3) is 0 Å². The molecule has 0 spiro atoms. The second kappa shape index (κ2) is 6.25. The van der Waals surface area contributed by atoms with Crippen LogP contribution in [0.4, 0.5) is 5.69 Å². The van der Waals surface area contributed by atoms with Crippen molar-refractivity contribution in [1.82, 2.24) is 0 Å². The molecule has 1 heterocycles. The maximum Gasteiger partial charge on any atom is 0.338 e. The molecule has 0 fully saturated rings. The van der Waals surface area contributed by atoms with E-state index in [1.807, 2.05) is 0 Å². The molecule has 1 aliphatic rings. The standard InChI is InChI=1S/C15H10BrNO6/c16-12-6-14-13(22-8-23-14)5-10(12)7-21-15(18)9-1-3-11(4-2-9)17(19)20/h1-6H,7-8H2. The van der Waals surface area contributed by atoms with E-state index in [1.165, 1.54) is 24.3 Å². The molecule has 2 aromatic carbocycles. The molecule has 0 aliphatic carbocycles. The van der Waals surface area contributed by atoms with E-state index < -0.39 is 10.9 Å². The number of benzene rings is 2. The number of carbonyl (C=O) groups is 1. The summed E-state index contributed by atoms with van der Waals surface area (Å²) in [7, 11) is 0. The highest BCUT2D eigenvalue weighted by Gasteiger charge is 2.17. The van der Waals surface area contributed by atoms with Gasteiger partial charge in [-0.3, -0.25) is 10.1 Å². The number of ether oxygens (including phenoxy) is 3. The van der Waals surface area contributed by atoms with Gasteiger partial charge in [-0.25, -0.2) is 4.79 Å². The van der Waals surface area contributed by atoms with E-state index >= 15 is 0 Å². The summed E-state index contributed by atoms with van der Waals surface area (Å²) in [6.45, 7) is 0.195. The van der Waals surface area contributed by atoms with Gasteiger partial charge in [0, 0.05) is 22.2 Å². The first-order valence-electron chi connectivity index (χ1n) is 6.54. The fraction of sp³-hybridized carbons (Fsp3) is 0.133. The largest absolute Gasteiger partial charge is 0.457 e. The Kier molecular flexibility index (Phi) is 4.16. The monoisotopic (exact) mass is 379 g/mol. The third-order valence-corrected chi connectivity index (χ3v) is 3.95. The quantitative estimate of drug-likeness (QED) is 0.459. The molecule has 8 heteroatoms. The van der Waals surface area contributed by atoms with Gasteiger partial charge in [0.15, 0.2) is 11.5 Å². The second-order valence-corrected chi connectivity index (χ2v) is 5.53. The molecule has 0 unspecified atom stereocenters. The van der Waals surface area contributed by atoms with E-state index in [0.717, 1.165) is 10.0 Å². The van der Waals surface area contributed by atoms with Crippen LogP contribution in [0.3, 0.4) is 0 Å². The summed E-state index contributed by atoms with van der Waals surface area (Å²) in [5, 5.41) is 10.6. The molecule has 23 heavy (non-hydrogen) atoms. The van der Waals surface area contributed by atoms with Crippen LogP contribution < -0.4 is 9.47 Å². The highest BCUT2D eigenvalue weighted by atomic mass is 79.9. The van der Waals surface area contributed by atoms with Crippen molar-refractivity contribution in [2.75, 3.05) is 6.79 Å². The van der Waals surface area contributed by atoms with Gasteiger partial charge in [0.05, 0.1) is 10.5 Å². The molecule has 2 aromatic rings. The van der Waals surface area contributed by atoms with Crippen molar-refractivity contribution in [2.24, 2.45) is 0 Å². The van der Waals surface area contributed by atoms with Crippen LogP contribution in [0, 0.1) is 10.1 Å². The predicted molar refractivity (Wildman–Crippen MR) is 82.5 cm³/mol. The number of fused-ring (bicyclic) bond motifs is 1. The van der Waals surface area contributed by atoms with Gasteiger partial charge in [-0.05, 0) is 24.3 Å². The van der Waals surface area contributed by atoms with E-state index in [1.54, 1.807) is 12.1 Å². The smallest absolute Gasteiger partial charge is 0.338 e. The molecule has 1 aliphatic heterocycles. The molecular weight excluding hydrogens is 370 g/mol. The van der Waals surface area contributed by atoms with Crippen LogP contribution in [-0.2, 0) is 11.3 Å². The highest BCUT2D eigenvalue weighted by molar-refractivity contribution is 9.10. The number of hydrogen-bond acceptors (Lipinski definition) is 6. The highest BCUT2D eigenvalue weighted by Crippen LogP contribution is 2.37. The molecule has 0 aromatic heterocycles. The molecule has 3 rings (SSSR count). The summed E-state index contributed by atoms with van der Waals surface area (Å²) in [5.74, 6) is 0.654. The molecule has 0 N–H and O–H groups in total. The Morgan fingerprint density at radius 2 is 1.87 bits per heavy atom. The lowest BCUT2D eigenvalue weighted by Gasteiger charge is -2.08. The predicted octanol–water partition coefficient (Wildman–Crippen LogP) is 3.44. The Hall–Kier alpha value is -2.61. The number of esters is 1. The Bertz CT molecular complexity index is 774. The summed E-state index contributed by atoms with van der Waals surface area (Å²) >= 11 is 3.38. The van der Waals surface area contributed by atoms with Gasteiger partial charge >= 0.3 is 5.97 Å². The van der Waals surface area contributed by atoms with Gasteiger partial charge in [0.25, 0.3) is 5.69 Å². The number of nitro benzene ring substituents is 1. The number of nitro groups is 1. The van der Waals surface area contributed by atoms with Gasteiger partial charge in [0.2, 0.25) is 6.79 Å². The van der Waals surface area contributed by atoms with Crippen molar-refractivity contribution < 1.29 is 23.9 Å². The summed E-state index contributed by atoms with van der Waals surface area (Å²) < 4.78 is 16.5. The number of hydrogen-bond donors (Lipinski definition) is 0. The van der Waals surface area contributed by atoms with Crippen molar-refractivity contribution in [3.05, 3.63) is 62.1 Å². The Labute approximate surface area is 139 Å². The van der Waals surface area contributed by atoms with Crippen molar-refractivity contribution in [2.45, 2.75) is 6.61 Å². The first-order chi connectivity index (χ1) is 11.0. The van der Waals surface area contributed by atoms with Crippen LogP contribution in [0.5, 0.6) is 11.5 Å². The van der Waals surface area contributed by atoms with E-state index in [-0.39, 0.29) is 24.7 Å². The van der Waals surface area contributed by atoms with Crippen molar-refractivity contribution in [1.29, 1.82) is 0 Å². The molecule has 118 valence electrons. The number of halogens is 1. The van der Waals surface area contributed by atoms with Gasteiger partial charge in [-0.2, -0.15) is 0 Å². The molecule has 0 saturated heterocycles. The second-order valence-electron chi connectivity index (χ2n) is 4.68. The fourth-order valence-corrected chi connectivity index (χ4v) is 2.45. The topological polar surface area (TPSA) is 87.9 Å². The summed E-state index contributed by atoms with van der Waals surface area (Å²) in [6.07, 6.45) is 0. The van der Waals surface area contributed by atoms with E-state index in [0.29, 0.717) is 11.5 Å². The third-order valence-electron chi connectivity index (χ3n) is 3.21. The minimum atomic E-state index is -0.565. The molecule has 0 radical (unpaired) electrons. The fourth-order valence-electron chi connectivity index (χ4n) is 2.02. The third kappa shape index (κ3) is 3.26. The van der Waals surface area contributed by atoms with E-state index in [2.05, 4.69) is 15.9 Å². The van der Waals surface area contributed by atoms with Crippen LogP contribution >= 0.6 is 15.9 Å². The summed E-state index contributed by atoms with van der Waals surface area (Å²) in [6, 6.07) is 8.71. The molecule has 0 saturated carbocycles. The lowest BCUT2D eigenvalue weighted by atomic mass is 10.2. The molecule has 7 nitrogen and oxygen atoms in total. The average Bonchev–Trinajstić information content (AvgIpc) is 2.99. The molecule has 0 atom stereocenters. The number of carbonyl (C=O) groups excluding carboxylic acids is 1. The van der Waals surface area contributed by atoms with Crippen LogP contribution in [0.1, 0.15) is 15.9 Å². The summed E-state index contributed by atoms with van der Waals surface area (Å²) in [5.41, 5.74) is 0.886. The first kappa shape index (κ1) is 15.3. The van der Waals surface area contributed by atoms with Crippen LogP contribution in [-0.4, -0.2) is 17.7 Å². The van der Waals surface area contributed by atoms with E-state index in [4.69, 9.17) is 14.2 Å². The van der Waals surface area contributed by atoms with Gasteiger partial charge in [-0.1, -0.05) is 15.9 Å². The van der Waals surface area contributed by atoms with Gasteiger partial charge < -0.3 is 14.2 Å². The van der Waals surface area contributed by atoms with Crippen molar-refractivity contribution in [3.63, 3.8) is 0 Å². The zero-order valence-corrected chi connectivity index (χ0v) is 13.2. The lowest BCUT2D eigenvalue weighted by Crippen LogP contribution is -2.05. The maximum atomic E-state index is 12.0. The number of nitrogens with zero attached hydrogens (tertiary/aromatic N) is 1. The number of non-ortho nitro benzene ring substituents is 1. The van der Waals surface area contributed by atoms with Gasteiger partial charge in [-0.15, -0.1) is 0 Å². The minimum absolute atomic E-state index is 0.0348. The molecule has 0 amide bonds. The Morgan fingerprint density at radius 3 is 2.52 bits per heavy atom. The SMILES string of the molecule is O=C(OCc1cc2c(cc1Br)OCO2)c1ccc([N+](=O)[O-])cc1. The summed E-state index contributed by atoms with van der Waals surface area (Å²) in [4.78, 5) is 22.0. The zero-order valence-electron chi connectivity index (χ0n) is 11.7. The average molecular weight is 380 g/mol. The maximum absolute atomic E-state index is 12.0. The van der Waals surface area contributed by atoms with Crippen molar-refractivity contribution in [3.8, 4) is 11.5 Å². The minimum Gasteiger partial charge on any atom is -0.457 e. The van der Waals surface area contributed by atoms with E-state index in [9.17, 15) is 14.9 Å². The van der Waals surface area contributed by atoms with Gasteiger partial charge in [0.1, 0.15) is 6.61 Å². The van der Waals surface area contributed by atoms with Crippen LogP contribution in [0.15, 0.2) is 40.9 Å².